The van der Waals surface area contributed by atoms with E-state index < -0.39 is 16.3 Å². The monoisotopic (exact) mass is 325 g/mol. The molecule has 0 aliphatic heterocycles. The molecule has 24 heavy (non-hydrogen) atoms. The Labute approximate surface area is 136 Å². The molecule has 3 rings (SSSR count). The molecular weight excluding hydrogens is 313 g/mol. The Morgan fingerprint density at radius 1 is 1.04 bits per heavy atom. The number of nitro groups is 1. The Balaban J connectivity index is 2.06. The predicted molar refractivity (Wildman–Crippen MR) is 86.1 cm³/mol. The third-order valence-corrected chi connectivity index (χ3v) is 3.53. The van der Waals surface area contributed by atoms with Crippen molar-refractivity contribution >= 4 is 5.69 Å². The van der Waals surface area contributed by atoms with Crippen LogP contribution in [0.3, 0.4) is 0 Å². The molecule has 6 nitrogen and oxygen atoms in total. The van der Waals surface area contributed by atoms with Gasteiger partial charge in [0.25, 0.3) is 11.2 Å². The van der Waals surface area contributed by atoms with E-state index in [-0.39, 0.29) is 17.8 Å². The van der Waals surface area contributed by atoms with Crippen LogP contribution in [0.2, 0.25) is 0 Å². The van der Waals surface area contributed by atoms with E-state index in [0.717, 1.165) is 16.3 Å². The van der Waals surface area contributed by atoms with Gasteiger partial charge in [0, 0.05) is 17.7 Å². The van der Waals surface area contributed by atoms with Crippen LogP contribution in [0.5, 0.6) is 0 Å². The van der Waals surface area contributed by atoms with Crippen LogP contribution in [0.1, 0.15) is 5.56 Å². The fourth-order valence-corrected chi connectivity index (χ4v) is 2.35. The van der Waals surface area contributed by atoms with E-state index in [2.05, 4.69) is 5.10 Å². The zero-order chi connectivity index (χ0) is 17.1. The Hall–Kier alpha value is -3.35. The molecule has 0 atom stereocenters. The summed E-state index contributed by atoms with van der Waals surface area (Å²) in [7, 11) is 0. The minimum absolute atomic E-state index is 0.178. The minimum atomic E-state index is -0.747. The van der Waals surface area contributed by atoms with Crippen molar-refractivity contribution in [3.05, 3.63) is 92.5 Å². The molecule has 0 radical (unpaired) electrons. The van der Waals surface area contributed by atoms with Crippen LogP contribution in [0.25, 0.3) is 11.3 Å². The quantitative estimate of drug-likeness (QED) is 0.546. The Kier molecular flexibility index (Phi) is 4.15. The van der Waals surface area contributed by atoms with Crippen molar-refractivity contribution in [3.8, 4) is 11.3 Å². The van der Waals surface area contributed by atoms with Gasteiger partial charge in [-0.3, -0.25) is 14.9 Å². The first-order valence-corrected chi connectivity index (χ1v) is 7.11. The Bertz CT molecular complexity index is 955. The van der Waals surface area contributed by atoms with Gasteiger partial charge < -0.3 is 0 Å². The number of rotatable bonds is 4. The second-order valence-corrected chi connectivity index (χ2v) is 5.08. The van der Waals surface area contributed by atoms with Crippen LogP contribution in [-0.2, 0) is 6.54 Å². The summed E-state index contributed by atoms with van der Waals surface area (Å²) in [5, 5.41) is 15.3. The fraction of sp³-hybridized carbons (Fsp3) is 0.0588. The van der Waals surface area contributed by atoms with Crippen molar-refractivity contribution in [3.63, 3.8) is 0 Å². The number of nitro benzene ring substituents is 1. The Morgan fingerprint density at radius 2 is 1.79 bits per heavy atom. The summed E-state index contributed by atoms with van der Waals surface area (Å²) in [6, 6.07) is 15.6. The van der Waals surface area contributed by atoms with Crippen LogP contribution in [0.15, 0.2) is 65.5 Å². The first-order chi connectivity index (χ1) is 11.6. The predicted octanol–water partition coefficient (Wildman–Crippen LogP) is 3.01. The van der Waals surface area contributed by atoms with Crippen molar-refractivity contribution in [2.45, 2.75) is 6.54 Å². The van der Waals surface area contributed by atoms with Gasteiger partial charge in [-0.1, -0.05) is 36.4 Å². The van der Waals surface area contributed by atoms with Gasteiger partial charge in [0.15, 0.2) is 0 Å². The Morgan fingerprint density at radius 3 is 2.50 bits per heavy atom. The van der Waals surface area contributed by atoms with E-state index in [9.17, 15) is 19.3 Å². The number of benzene rings is 2. The normalized spacial score (nSPS) is 10.5. The maximum atomic E-state index is 14.0. The molecule has 3 aromatic rings. The minimum Gasteiger partial charge on any atom is -0.268 e. The van der Waals surface area contributed by atoms with Gasteiger partial charge in [0.1, 0.15) is 5.82 Å². The highest BCUT2D eigenvalue weighted by atomic mass is 19.1. The summed E-state index contributed by atoms with van der Waals surface area (Å²) in [6.45, 7) is -0.317. The zero-order valence-electron chi connectivity index (χ0n) is 12.4. The standard InChI is InChI=1S/C17H12FN3O3/c18-14-7-4-8-16(21(23)24)13(14)11-20-17(22)10-9-15(19-20)12-5-2-1-3-6-12/h1-10H,11H2. The molecule has 0 fully saturated rings. The van der Waals surface area contributed by atoms with Crippen molar-refractivity contribution in [1.29, 1.82) is 0 Å². The summed E-state index contributed by atoms with van der Waals surface area (Å²) < 4.78 is 15.0. The average molecular weight is 325 g/mol. The number of aromatic nitrogens is 2. The summed E-state index contributed by atoms with van der Waals surface area (Å²) in [6.07, 6.45) is 0. The summed E-state index contributed by atoms with van der Waals surface area (Å²) in [4.78, 5) is 22.4. The van der Waals surface area contributed by atoms with Gasteiger partial charge in [-0.15, -0.1) is 0 Å². The maximum Gasteiger partial charge on any atom is 0.277 e. The van der Waals surface area contributed by atoms with Crippen molar-refractivity contribution < 1.29 is 9.31 Å². The lowest BCUT2D eigenvalue weighted by Gasteiger charge is -2.08. The van der Waals surface area contributed by atoms with Crippen LogP contribution < -0.4 is 5.56 Å². The highest BCUT2D eigenvalue weighted by Crippen LogP contribution is 2.22. The van der Waals surface area contributed by atoms with Crippen molar-refractivity contribution in [2.75, 3.05) is 0 Å². The molecule has 0 aliphatic rings. The molecule has 0 amide bonds. The molecule has 120 valence electrons. The highest BCUT2D eigenvalue weighted by molar-refractivity contribution is 5.57. The topological polar surface area (TPSA) is 78.0 Å². The lowest BCUT2D eigenvalue weighted by atomic mass is 10.1. The highest BCUT2D eigenvalue weighted by Gasteiger charge is 2.19. The third-order valence-electron chi connectivity index (χ3n) is 3.53. The number of halogens is 1. The fourth-order valence-electron chi connectivity index (χ4n) is 2.35. The number of hydrogen-bond acceptors (Lipinski definition) is 4. The SMILES string of the molecule is O=c1ccc(-c2ccccc2)nn1Cc1c(F)cccc1[N+](=O)[O-]. The van der Waals surface area contributed by atoms with E-state index in [1.165, 1.54) is 18.2 Å². The molecule has 0 bridgehead atoms. The number of hydrogen-bond donors (Lipinski definition) is 0. The molecule has 0 aliphatic carbocycles. The van der Waals surface area contributed by atoms with Crippen LogP contribution in [-0.4, -0.2) is 14.7 Å². The molecule has 0 saturated heterocycles. The lowest BCUT2D eigenvalue weighted by molar-refractivity contribution is -0.385. The van der Waals surface area contributed by atoms with Gasteiger partial charge in [0.05, 0.1) is 22.7 Å². The van der Waals surface area contributed by atoms with Crippen molar-refractivity contribution in [2.24, 2.45) is 0 Å². The maximum absolute atomic E-state index is 14.0. The first-order valence-electron chi connectivity index (χ1n) is 7.11. The van der Waals surface area contributed by atoms with E-state index in [1.807, 2.05) is 30.3 Å². The second-order valence-electron chi connectivity index (χ2n) is 5.08. The van der Waals surface area contributed by atoms with E-state index in [1.54, 1.807) is 6.07 Å². The largest absolute Gasteiger partial charge is 0.277 e. The molecule has 0 N–H and O–H groups in total. The number of nitrogens with zero attached hydrogens (tertiary/aromatic N) is 3. The summed E-state index contributed by atoms with van der Waals surface area (Å²) >= 11 is 0. The third kappa shape index (κ3) is 3.05. The average Bonchev–Trinajstić information content (AvgIpc) is 2.59. The molecular formula is C17H12FN3O3. The van der Waals surface area contributed by atoms with Gasteiger partial charge in [-0.05, 0) is 12.1 Å². The van der Waals surface area contributed by atoms with E-state index in [0.29, 0.717) is 5.69 Å². The molecule has 7 heteroatoms. The van der Waals surface area contributed by atoms with Crippen LogP contribution in [0, 0.1) is 15.9 Å². The van der Waals surface area contributed by atoms with Gasteiger partial charge in [-0.25, -0.2) is 9.07 Å². The van der Waals surface area contributed by atoms with E-state index >= 15 is 0 Å². The molecule has 1 heterocycles. The first kappa shape index (κ1) is 15.5. The molecule has 0 spiro atoms. The smallest absolute Gasteiger partial charge is 0.268 e. The van der Waals surface area contributed by atoms with Crippen molar-refractivity contribution in [1.82, 2.24) is 9.78 Å². The van der Waals surface area contributed by atoms with Gasteiger partial charge in [-0.2, -0.15) is 5.10 Å². The second kappa shape index (κ2) is 6.41. The lowest BCUT2D eigenvalue weighted by Crippen LogP contribution is -2.23. The summed E-state index contributed by atoms with van der Waals surface area (Å²) in [5.41, 5.74) is 0.284. The molecule has 0 unspecified atom stereocenters. The summed E-state index contributed by atoms with van der Waals surface area (Å²) in [5.74, 6) is -0.747. The molecule has 2 aromatic carbocycles. The van der Waals surface area contributed by atoms with E-state index in [4.69, 9.17) is 0 Å². The van der Waals surface area contributed by atoms with Gasteiger partial charge >= 0.3 is 0 Å². The molecule has 1 aromatic heterocycles. The zero-order valence-corrected chi connectivity index (χ0v) is 12.4. The van der Waals surface area contributed by atoms with Crippen LogP contribution >= 0.6 is 0 Å². The van der Waals surface area contributed by atoms with Gasteiger partial charge in [0.2, 0.25) is 0 Å². The van der Waals surface area contributed by atoms with Crippen LogP contribution in [0.4, 0.5) is 10.1 Å². The molecule has 0 saturated carbocycles.